The Bertz CT molecular complexity index is 3090. The average molecular weight is 1560 g/mol. The molecule has 5 heterocycles. The van der Waals surface area contributed by atoms with Crippen LogP contribution in [0, 0.1) is 0 Å². The summed E-state index contributed by atoms with van der Waals surface area (Å²) in [4.78, 5) is 20.7. The fourth-order valence-corrected chi connectivity index (χ4v) is 10.8. The molecule has 93 heavy (non-hydrogen) atoms. The van der Waals surface area contributed by atoms with E-state index in [1.165, 1.54) is 7.11 Å². The molecule has 0 spiro atoms. The monoisotopic (exact) mass is 1560 g/mol. The van der Waals surface area contributed by atoms with Gasteiger partial charge in [0.1, 0.15) is 36.6 Å². The van der Waals surface area contributed by atoms with E-state index >= 15 is 0 Å². The van der Waals surface area contributed by atoms with Gasteiger partial charge in [-0.3, -0.25) is 36.4 Å². The van der Waals surface area contributed by atoms with Crippen molar-refractivity contribution in [3.8, 4) is 0 Å². The van der Waals surface area contributed by atoms with Gasteiger partial charge in [0.2, 0.25) is 0 Å². The summed E-state index contributed by atoms with van der Waals surface area (Å²) in [6.45, 7) is -3.54. The Morgan fingerprint density at radius 2 is 0.774 bits per heavy atom. The molecule has 52 nitrogen and oxygen atoms in total. The lowest BCUT2D eigenvalue weighted by Gasteiger charge is -2.38. The van der Waals surface area contributed by atoms with E-state index in [2.05, 4.69) is 20.9 Å². The summed E-state index contributed by atoms with van der Waals surface area (Å²) in [7, 11) is -35.2. The molecule has 0 amide bonds. The van der Waals surface area contributed by atoms with E-state index in [1.807, 2.05) is 0 Å². The fraction of sp³-hybridized carbons (Fsp3) is 0.939. The number of carbonyl (C=O) groups is 2. The second-order valence-corrected chi connectivity index (χ2v) is 26.3. The van der Waals surface area contributed by atoms with E-state index < -0.39 is 232 Å². The van der Waals surface area contributed by atoms with Crippen molar-refractivity contribution in [2.24, 2.45) is 0 Å². The standard InChI is InChI=1S/C7H15NO10S2.C6H13NO12S3.C6H13NO9S2.C6H10O8S.C6H10O5.CH4O.CH4.4H2O/c1-16-7-5(3-18-20(13,14)15)17-2-4(6(7)9)8-19(10,11)12;8-20(9,10)7-5-3-17-4(2-18-21(11,12)13)1-6(5)19-22(14,15)16;8-6-1-4(2-16-18(12,13)14)15-3-5(6)7-17(9,10)11;7-3-1-4(6(8)9)13-2-5(3)14-15(10,11)12;7-3-1-5(6(9)10)11-2-4(3)8;1-2;;;;;/h4-9H,2-3H2,1H3,(H,10,11,12)(H,13,14,15);4-7H,1-3H2,(H,8,9,10)(H,11,12,13)(H,14,15,16);4-8H,1-3H2,(H,9,10,11)(H,12,13,14);3-5,7H,1-2H2,(H,8,9)(H,10,11,12);3-5,7-8H,1-2H2,(H,9,10);2H,1H3;1H4;4*1H2/t4?,5?,6-,7+;2*4?,5?,6-;2*3-,4?,5?;;;;;;/m01111....../s1. The van der Waals surface area contributed by atoms with Gasteiger partial charge in [-0.2, -0.15) is 81.5 Å². The lowest BCUT2D eigenvalue weighted by Crippen LogP contribution is -2.60. The van der Waals surface area contributed by atoms with Crippen LogP contribution in [0.1, 0.15) is 33.1 Å². The molecule has 0 aromatic rings. The summed E-state index contributed by atoms with van der Waals surface area (Å²) in [5.74, 6) is -2.35. The van der Waals surface area contributed by atoms with E-state index in [4.69, 9.17) is 90.4 Å². The van der Waals surface area contributed by atoms with Crippen LogP contribution in [0.2, 0.25) is 0 Å². The number of nitrogens with one attached hydrogen (secondary N) is 3. The first-order valence-electron chi connectivity index (χ1n) is 23.1. The predicted molar refractivity (Wildman–Crippen MR) is 293 cm³/mol. The predicted octanol–water partition coefficient (Wildman–Crippen LogP) is -13.5. The maximum atomic E-state index is 10.7. The molecular formula is C33H77N3O49S8. The molecule has 566 valence electrons. The van der Waals surface area contributed by atoms with Crippen LogP contribution in [0.4, 0.5) is 0 Å². The summed E-state index contributed by atoms with van der Waals surface area (Å²) in [5.41, 5.74) is 0. The van der Waals surface area contributed by atoms with Crippen LogP contribution in [0.15, 0.2) is 0 Å². The minimum Gasteiger partial charge on any atom is -0.479 e. The van der Waals surface area contributed by atoms with Gasteiger partial charge in [0.05, 0.1) is 102 Å². The molecule has 5 aliphatic rings. The molecular weight excluding hydrogens is 1480 g/mol. The lowest BCUT2D eigenvalue weighted by atomic mass is 9.99. The summed E-state index contributed by atoms with van der Waals surface area (Å²) in [6.07, 6.45) is -15.8. The van der Waals surface area contributed by atoms with Crippen molar-refractivity contribution >= 4 is 94.8 Å². The molecule has 0 aliphatic carbocycles. The van der Waals surface area contributed by atoms with E-state index in [0.717, 1.165) is 7.11 Å². The third-order valence-corrected chi connectivity index (χ3v) is 14.7. The Kier molecular flexibility index (Phi) is 48.3. The van der Waals surface area contributed by atoms with Crippen LogP contribution in [0.5, 0.6) is 0 Å². The Balaban J connectivity index is -0.000000253. The summed E-state index contributed by atoms with van der Waals surface area (Å²) >= 11 is 0. The molecule has 0 saturated carbocycles. The Labute approximate surface area is 529 Å². The van der Waals surface area contributed by atoms with E-state index in [1.54, 1.807) is 14.2 Å². The molecule has 5 fully saturated rings. The van der Waals surface area contributed by atoms with E-state index in [0.29, 0.717) is 0 Å². The minimum absolute atomic E-state index is 0. The first-order chi connectivity index (χ1) is 39.8. The highest BCUT2D eigenvalue weighted by molar-refractivity contribution is 7.84. The molecule has 0 aromatic heterocycles. The average Bonchev–Trinajstić information content (AvgIpc) is 0.852. The minimum atomic E-state index is -4.96. The van der Waals surface area contributed by atoms with Crippen molar-refractivity contribution in [1.29, 1.82) is 0 Å². The van der Waals surface area contributed by atoms with Crippen LogP contribution >= 0.6 is 0 Å². The molecule has 60 heteroatoms. The summed E-state index contributed by atoms with van der Waals surface area (Å²) in [5, 5.41) is 70.6. The second-order valence-electron chi connectivity index (χ2n) is 17.4. The van der Waals surface area contributed by atoms with Crippen LogP contribution in [-0.4, -0.2) is 343 Å². The second kappa shape index (κ2) is 44.3. The number of hydrogen-bond acceptors (Lipinski definition) is 35. The molecule has 16 atom stereocenters. The zero-order valence-electron chi connectivity index (χ0n) is 46.5. The zero-order valence-corrected chi connectivity index (χ0v) is 53.0. The van der Waals surface area contributed by atoms with Gasteiger partial charge >= 0.3 is 94.8 Å². The maximum Gasteiger partial charge on any atom is 0.397 e. The van der Waals surface area contributed by atoms with Crippen molar-refractivity contribution in [2.45, 2.75) is 131 Å². The van der Waals surface area contributed by atoms with Crippen molar-refractivity contribution in [2.75, 3.05) is 67.1 Å². The Morgan fingerprint density at radius 1 is 0.419 bits per heavy atom. The van der Waals surface area contributed by atoms with Crippen LogP contribution in [0.3, 0.4) is 0 Å². The van der Waals surface area contributed by atoms with Gasteiger partial charge in [-0.05, 0) is 0 Å². The Hall–Kier alpha value is -2.74. The highest BCUT2D eigenvalue weighted by Gasteiger charge is 2.43. The molecule has 5 saturated heterocycles. The molecule has 0 bridgehead atoms. The molecule has 5 aliphatic heterocycles. The zero-order chi connectivity index (χ0) is 68.8. The quantitative estimate of drug-likeness (QED) is 0.0448. The molecule has 10 unspecified atom stereocenters. The van der Waals surface area contributed by atoms with E-state index in [9.17, 15) is 92.3 Å². The number of aliphatic carboxylic acids is 2. The van der Waals surface area contributed by atoms with Crippen molar-refractivity contribution in [1.82, 2.24) is 14.2 Å². The van der Waals surface area contributed by atoms with Gasteiger partial charge in [-0.15, -0.1) is 0 Å². The number of carboxylic acid groups (broad SMARTS) is 2. The smallest absolute Gasteiger partial charge is 0.397 e. The lowest BCUT2D eigenvalue weighted by molar-refractivity contribution is -0.168. The number of aliphatic hydroxyl groups excluding tert-OH is 6. The SMILES string of the molecule is C.CO.CO[C@@H]1C(COS(=O)(=O)O)OCC(NS(=O)(=O)O)[C@@H]1O.O.O.O.O.O=C(O)C1C[C@@H](O)C(O)CO1.O=C(O)C1C[C@@H](O)C(OS(=O)(=O)O)CO1.O=S(=O)(O)NC1COC(COS(=O)(=O)O)C[C@H]1O.O=S(=O)(O)NC1COC(COS(=O)(=O)O)C[C@H]1OS(=O)(=O)O. The van der Waals surface area contributed by atoms with Gasteiger partial charge in [0.15, 0.2) is 12.2 Å². The number of hydrogen-bond donors (Lipinski definition) is 19. The van der Waals surface area contributed by atoms with Gasteiger partial charge in [-0.1, -0.05) is 7.43 Å². The summed E-state index contributed by atoms with van der Waals surface area (Å²) in [6, 6.07) is -3.60. The van der Waals surface area contributed by atoms with Crippen molar-refractivity contribution < 1.29 is 225 Å². The van der Waals surface area contributed by atoms with Gasteiger partial charge in [-0.25, -0.2) is 30.5 Å². The number of ether oxygens (including phenoxy) is 6. The number of aliphatic hydroxyl groups is 6. The van der Waals surface area contributed by atoms with Crippen molar-refractivity contribution in [3.05, 3.63) is 0 Å². The highest BCUT2D eigenvalue weighted by Crippen LogP contribution is 2.23. The fourth-order valence-electron chi connectivity index (χ4n) is 6.99. The van der Waals surface area contributed by atoms with Crippen molar-refractivity contribution in [3.63, 3.8) is 0 Å². The van der Waals surface area contributed by atoms with Crippen LogP contribution < -0.4 is 14.2 Å². The molecule has 27 N–H and O–H groups in total. The van der Waals surface area contributed by atoms with Gasteiger partial charge < -0.3 is 91.2 Å². The van der Waals surface area contributed by atoms with Gasteiger partial charge in [0, 0.05) is 39.9 Å². The largest absolute Gasteiger partial charge is 0.479 e. The topological polar surface area (TPSA) is 895 Å². The van der Waals surface area contributed by atoms with Crippen LogP contribution in [-0.2, 0) is 142 Å². The summed E-state index contributed by atoms with van der Waals surface area (Å²) < 4.78 is 291. The van der Waals surface area contributed by atoms with Gasteiger partial charge in [0.25, 0.3) is 0 Å². The first-order valence-corrected chi connectivity index (χ1v) is 34.2. The number of rotatable bonds is 22. The third kappa shape index (κ3) is 47.8. The first kappa shape index (κ1) is 101. The normalized spacial score (nSPS) is 29.2. The maximum absolute atomic E-state index is 10.7. The van der Waals surface area contributed by atoms with E-state index in [-0.39, 0.29) is 68.4 Å². The number of carboxylic acids is 2. The third-order valence-electron chi connectivity index (χ3n) is 10.7. The van der Waals surface area contributed by atoms with Crippen LogP contribution in [0.25, 0.3) is 0 Å². The molecule has 0 radical (unpaired) electrons. The highest BCUT2D eigenvalue weighted by atomic mass is 32.3. The molecule has 0 aromatic carbocycles. The molecule has 5 rings (SSSR count). The Morgan fingerprint density at radius 3 is 1.14 bits per heavy atom. The number of methoxy groups -OCH3 is 1.